The van der Waals surface area contributed by atoms with Gasteiger partial charge in [0, 0.05) is 30.7 Å². The molecule has 0 bridgehead atoms. The summed E-state index contributed by atoms with van der Waals surface area (Å²) in [4.78, 5) is 26.1. The fourth-order valence-corrected chi connectivity index (χ4v) is 4.10. The van der Waals surface area contributed by atoms with Crippen LogP contribution in [0.1, 0.15) is 49.4 Å². The lowest BCUT2D eigenvalue weighted by Gasteiger charge is -2.48. The molecule has 1 aliphatic heterocycles. The van der Waals surface area contributed by atoms with Gasteiger partial charge in [0.15, 0.2) is 12.4 Å². The summed E-state index contributed by atoms with van der Waals surface area (Å²) in [7, 11) is 0. The molecule has 1 heterocycles. The number of hydrogen-bond donors (Lipinski definition) is 1. The van der Waals surface area contributed by atoms with Crippen LogP contribution in [0.3, 0.4) is 0 Å². The van der Waals surface area contributed by atoms with E-state index in [1.807, 2.05) is 0 Å². The molecule has 1 aliphatic carbocycles. The van der Waals surface area contributed by atoms with Crippen molar-refractivity contribution in [1.29, 1.82) is 0 Å². The fraction of sp³-hybridized carbons (Fsp3) is 0.619. The number of morpholine rings is 1. The quantitative estimate of drug-likeness (QED) is 0.743. The Labute approximate surface area is 161 Å². The summed E-state index contributed by atoms with van der Waals surface area (Å²) >= 11 is 0. The predicted octanol–water partition coefficient (Wildman–Crippen LogP) is 2.42. The number of carbonyl (C=O) groups excluding carboxylic acids is 2. The van der Waals surface area contributed by atoms with E-state index in [1.54, 1.807) is 24.3 Å². The third-order valence-electron chi connectivity index (χ3n) is 5.71. The van der Waals surface area contributed by atoms with Crippen molar-refractivity contribution in [2.24, 2.45) is 0 Å². The van der Waals surface area contributed by atoms with Crippen molar-refractivity contribution in [2.75, 3.05) is 39.5 Å². The number of carbonyl (C=O) groups is 2. The summed E-state index contributed by atoms with van der Waals surface area (Å²) in [5, 5.41) is 3.09. The van der Waals surface area contributed by atoms with E-state index in [-0.39, 0.29) is 23.8 Å². The molecular formula is C21H30N2O4. The highest BCUT2D eigenvalue weighted by molar-refractivity contribution is 5.94. The molecule has 1 N–H and O–H groups in total. The normalized spacial score (nSPS) is 20.0. The van der Waals surface area contributed by atoms with E-state index in [2.05, 4.69) is 10.2 Å². The maximum Gasteiger partial charge on any atom is 0.258 e. The van der Waals surface area contributed by atoms with Crippen LogP contribution in [-0.2, 0) is 9.53 Å². The van der Waals surface area contributed by atoms with E-state index in [9.17, 15) is 9.59 Å². The summed E-state index contributed by atoms with van der Waals surface area (Å²) in [5.74, 6) is 0.500. The molecule has 148 valence electrons. The Morgan fingerprint density at radius 3 is 2.41 bits per heavy atom. The van der Waals surface area contributed by atoms with Gasteiger partial charge in [-0.1, -0.05) is 19.3 Å². The largest absolute Gasteiger partial charge is 0.484 e. The van der Waals surface area contributed by atoms with Gasteiger partial charge in [0.2, 0.25) is 0 Å². The minimum Gasteiger partial charge on any atom is -0.484 e. The molecule has 1 amide bonds. The summed E-state index contributed by atoms with van der Waals surface area (Å²) in [6, 6.07) is 6.87. The van der Waals surface area contributed by atoms with Gasteiger partial charge in [-0.3, -0.25) is 14.5 Å². The van der Waals surface area contributed by atoms with Crippen molar-refractivity contribution in [3.63, 3.8) is 0 Å². The highest BCUT2D eigenvalue weighted by Gasteiger charge is 2.38. The molecule has 0 atom stereocenters. The number of Topliss-reactive ketones (excluding diaryl/α,β-unsaturated/α-hetero) is 1. The third-order valence-corrected chi connectivity index (χ3v) is 5.71. The number of benzene rings is 1. The number of amides is 1. The topological polar surface area (TPSA) is 67.9 Å². The van der Waals surface area contributed by atoms with Crippen LogP contribution in [0.15, 0.2) is 24.3 Å². The van der Waals surface area contributed by atoms with Crippen LogP contribution >= 0.6 is 0 Å². The molecule has 6 nitrogen and oxygen atoms in total. The molecule has 0 aromatic heterocycles. The molecule has 0 unspecified atom stereocenters. The lowest BCUT2D eigenvalue weighted by Crippen LogP contribution is -2.60. The van der Waals surface area contributed by atoms with Gasteiger partial charge in [-0.2, -0.15) is 0 Å². The standard InChI is InChI=1S/C21H30N2O4/c1-17(24)18-5-7-19(8-6-18)27-15-20(25)22-16-21(9-3-2-4-10-21)23-11-13-26-14-12-23/h5-8H,2-4,9-16H2,1H3,(H,22,25). The molecule has 27 heavy (non-hydrogen) atoms. The molecule has 1 aromatic rings. The second-order valence-corrected chi connectivity index (χ2v) is 7.53. The van der Waals surface area contributed by atoms with E-state index in [0.717, 1.165) is 39.1 Å². The Kier molecular flexibility index (Phi) is 6.85. The van der Waals surface area contributed by atoms with Crippen molar-refractivity contribution in [3.05, 3.63) is 29.8 Å². The number of ketones is 1. The van der Waals surface area contributed by atoms with Gasteiger partial charge in [0.1, 0.15) is 5.75 Å². The van der Waals surface area contributed by atoms with Crippen LogP contribution in [0.4, 0.5) is 0 Å². The molecule has 6 heteroatoms. The van der Waals surface area contributed by atoms with Crippen molar-refractivity contribution in [1.82, 2.24) is 10.2 Å². The van der Waals surface area contributed by atoms with E-state index in [1.165, 1.54) is 26.2 Å². The minimum atomic E-state index is -0.108. The van der Waals surface area contributed by atoms with Gasteiger partial charge in [-0.15, -0.1) is 0 Å². The molecule has 1 aromatic carbocycles. The van der Waals surface area contributed by atoms with Gasteiger partial charge in [0.05, 0.1) is 13.2 Å². The highest BCUT2D eigenvalue weighted by Crippen LogP contribution is 2.33. The van der Waals surface area contributed by atoms with Gasteiger partial charge >= 0.3 is 0 Å². The Morgan fingerprint density at radius 1 is 1.11 bits per heavy atom. The van der Waals surface area contributed by atoms with Crippen molar-refractivity contribution in [2.45, 2.75) is 44.6 Å². The maximum atomic E-state index is 12.3. The molecule has 2 aliphatic rings. The van der Waals surface area contributed by atoms with Crippen LogP contribution in [-0.4, -0.2) is 61.6 Å². The fourth-order valence-electron chi connectivity index (χ4n) is 4.10. The Morgan fingerprint density at radius 2 is 1.78 bits per heavy atom. The van der Waals surface area contributed by atoms with Gasteiger partial charge in [-0.25, -0.2) is 0 Å². The lowest BCUT2D eigenvalue weighted by molar-refractivity contribution is -0.124. The third kappa shape index (κ3) is 5.30. The number of hydrogen-bond acceptors (Lipinski definition) is 5. The van der Waals surface area contributed by atoms with Gasteiger partial charge in [-0.05, 0) is 44.0 Å². The number of rotatable bonds is 7. The van der Waals surface area contributed by atoms with Gasteiger partial charge in [0.25, 0.3) is 5.91 Å². The smallest absolute Gasteiger partial charge is 0.258 e. The molecule has 1 saturated heterocycles. The van der Waals surface area contributed by atoms with Crippen molar-refractivity contribution < 1.29 is 19.1 Å². The van der Waals surface area contributed by atoms with Crippen LogP contribution in [0, 0.1) is 0 Å². The lowest BCUT2D eigenvalue weighted by atomic mass is 9.79. The van der Waals surface area contributed by atoms with E-state index < -0.39 is 0 Å². The van der Waals surface area contributed by atoms with E-state index in [4.69, 9.17) is 9.47 Å². The van der Waals surface area contributed by atoms with Crippen LogP contribution in [0.25, 0.3) is 0 Å². The summed E-state index contributed by atoms with van der Waals surface area (Å²) in [5.41, 5.74) is 0.692. The number of ether oxygens (including phenoxy) is 2. The average molecular weight is 374 g/mol. The minimum absolute atomic E-state index is 0.0141. The monoisotopic (exact) mass is 374 g/mol. The Bertz CT molecular complexity index is 632. The molecule has 0 radical (unpaired) electrons. The molecule has 2 fully saturated rings. The van der Waals surface area contributed by atoms with Gasteiger partial charge < -0.3 is 14.8 Å². The molecular weight excluding hydrogens is 344 g/mol. The molecule has 1 saturated carbocycles. The number of nitrogens with one attached hydrogen (secondary N) is 1. The maximum absolute atomic E-state index is 12.3. The first-order valence-corrected chi connectivity index (χ1v) is 9.92. The molecule has 3 rings (SSSR count). The zero-order chi connectivity index (χ0) is 19.1. The first kappa shape index (κ1) is 19.8. The Balaban J connectivity index is 1.50. The zero-order valence-electron chi connectivity index (χ0n) is 16.2. The first-order chi connectivity index (χ1) is 13.1. The SMILES string of the molecule is CC(=O)c1ccc(OCC(=O)NCC2(N3CCOCC3)CCCCC2)cc1. The van der Waals surface area contributed by atoms with E-state index in [0.29, 0.717) is 17.9 Å². The average Bonchev–Trinajstić information content (AvgIpc) is 2.72. The summed E-state index contributed by atoms with van der Waals surface area (Å²) < 4.78 is 11.1. The second-order valence-electron chi connectivity index (χ2n) is 7.53. The van der Waals surface area contributed by atoms with Crippen molar-refractivity contribution >= 4 is 11.7 Å². The highest BCUT2D eigenvalue weighted by atomic mass is 16.5. The van der Waals surface area contributed by atoms with Crippen molar-refractivity contribution in [3.8, 4) is 5.75 Å². The zero-order valence-corrected chi connectivity index (χ0v) is 16.2. The van der Waals surface area contributed by atoms with Crippen LogP contribution < -0.4 is 10.1 Å². The second kappa shape index (κ2) is 9.33. The summed E-state index contributed by atoms with van der Waals surface area (Å²) in [6.07, 6.45) is 5.96. The van der Waals surface area contributed by atoms with Crippen LogP contribution in [0.2, 0.25) is 0 Å². The number of nitrogens with zero attached hydrogens (tertiary/aromatic N) is 1. The van der Waals surface area contributed by atoms with Crippen LogP contribution in [0.5, 0.6) is 5.75 Å². The summed E-state index contributed by atoms with van der Waals surface area (Å²) in [6.45, 7) is 5.60. The van der Waals surface area contributed by atoms with E-state index >= 15 is 0 Å². The first-order valence-electron chi connectivity index (χ1n) is 9.92. The predicted molar refractivity (Wildman–Crippen MR) is 103 cm³/mol. The molecule has 0 spiro atoms. The Hall–Kier alpha value is -1.92.